The second-order valence-electron chi connectivity index (χ2n) is 3.82. The molecule has 1 aliphatic rings. The van der Waals surface area contributed by atoms with Crippen LogP contribution in [0.1, 0.15) is 13.3 Å². The van der Waals surface area contributed by atoms with Gasteiger partial charge in [-0.2, -0.15) is 0 Å². The van der Waals surface area contributed by atoms with Crippen molar-refractivity contribution < 1.29 is 9.59 Å². The Labute approximate surface area is 89.4 Å². The number of hydrazine groups is 1. The van der Waals surface area contributed by atoms with E-state index in [9.17, 15) is 9.59 Å². The Bertz CT molecular complexity index is 256. The first-order valence-corrected chi connectivity index (χ1v) is 5.04. The van der Waals surface area contributed by atoms with Crippen LogP contribution >= 0.6 is 0 Å². The fourth-order valence-electron chi connectivity index (χ4n) is 1.63. The van der Waals surface area contributed by atoms with E-state index in [-0.39, 0.29) is 24.4 Å². The first-order valence-electron chi connectivity index (χ1n) is 5.04. The van der Waals surface area contributed by atoms with Crippen LogP contribution in [0, 0.1) is 0 Å². The first-order chi connectivity index (χ1) is 7.06. The molecule has 0 bridgehead atoms. The van der Waals surface area contributed by atoms with Crippen molar-refractivity contribution in [1.82, 2.24) is 15.2 Å². The molecule has 1 aliphatic heterocycles. The summed E-state index contributed by atoms with van der Waals surface area (Å²) in [6.07, 6.45) is 0.879. The summed E-state index contributed by atoms with van der Waals surface area (Å²) in [5, 5.41) is 0. The molecule has 0 aromatic rings. The smallest absolute Gasteiger partial charge is 0.250 e. The lowest BCUT2D eigenvalue weighted by Crippen LogP contribution is -2.49. The average Bonchev–Trinajstić information content (AvgIpc) is 2.39. The van der Waals surface area contributed by atoms with E-state index in [4.69, 9.17) is 5.84 Å². The molecule has 2 amide bonds. The van der Waals surface area contributed by atoms with Gasteiger partial charge in [-0.15, -0.1) is 0 Å². The maximum atomic E-state index is 11.6. The van der Waals surface area contributed by atoms with Crippen LogP contribution in [0.3, 0.4) is 0 Å². The van der Waals surface area contributed by atoms with Crippen molar-refractivity contribution >= 4 is 11.8 Å². The highest BCUT2D eigenvalue weighted by Crippen LogP contribution is 2.06. The maximum absolute atomic E-state index is 11.6. The van der Waals surface area contributed by atoms with Gasteiger partial charge in [0.1, 0.15) is 0 Å². The Balaban J connectivity index is 2.62. The van der Waals surface area contributed by atoms with Gasteiger partial charge in [-0.25, -0.2) is 5.84 Å². The van der Waals surface area contributed by atoms with Gasteiger partial charge < -0.3 is 4.90 Å². The molecule has 0 radical (unpaired) electrons. The fourth-order valence-corrected chi connectivity index (χ4v) is 1.63. The standard InChI is InChI=1S/C9H18N4O2/c1-7(9(15)11-10)13-5-3-4-12(2)8(14)6-13/h7H,3-6,10H2,1-2H3,(H,11,15). The van der Waals surface area contributed by atoms with Crippen molar-refractivity contribution in [2.24, 2.45) is 5.84 Å². The summed E-state index contributed by atoms with van der Waals surface area (Å²) < 4.78 is 0. The topological polar surface area (TPSA) is 78.7 Å². The number of carbonyl (C=O) groups excluding carboxylic acids is 2. The molecule has 1 heterocycles. The van der Waals surface area contributed by atoms with E-state index in [1.54, 1.807) is 18.9 Å². The fraction of sp³-hybridized carbons (Fsp3) is 0.778. The SMILES string of the molecule is CC(C(=O)NN)N1CCCN(C)C(=O)C1. The summed E-state index contributed by atoms with van der Waals surface area (Å²) in [5.74, 6) is 4.85. The molecule has 1 fully saturated rings. The molecule has 0 saturated carbocycles. The maximum Gasteiger partial charge on any atom is 0.250 e. The summed E-state index contributed by atoms with van der Waals surface area (Å²) in [7, 11) is 1.78. The third kappa shape index (κ3) is 2.90. The normalized spacial score (nSPS) is 21.0. The van der Waals surface area contributed by atoms with Gasteiger partial charge in [0.2, 0.25) is 5.91 Å². The van der Waals surface area contributed by atoms with Gasteiger partial charge in [-0.1, -0.05) is 0 Å². The van der Waals surface area contributed by atoms with Crippen LogP contribution in [0.2, 0.25) is 0 Å². The van der Waals surface area contributed by atoms with Gasteiger partial charge in [0.15, 0.2) is 0 Å². The molecule has 1 saturated heterocycles. The second kappa shape index (κ2) is 5.09. The lowest BCUT2D eigenvalue weighted by Gasteiger charge is -2.24. The number of amides is 2. The molecular formula is C9H18N4O2. The largest absolute Gasteiger partial charge is 0.345 e. The van der Waals surface area contributed by atoms with Crippen molar-refractivity contribution in [3.8, 4) is 0 Å². The molecule has 0 spiro atoms. The molecule has 86 valence electrons. The number of hydrogen-bond donors (Lipinski definition) is 2. The van der Waals surface area contributed by atoms with E-state index in [0.717, 1.165) is 19.5 Å². The van der Waals surface area contributed by atoms with Crippen molar-refractivity contribution in [1.29, 1.82) is 0 Å². The van der Waals surface area contributed by atoms with Crippen LogP contribution < -0.4 is 11.3 Å². The molecule has 15 heavy (non-hydrogen) atoms. The lowest BCUT2D eigenvalue weighted by molar-refractivity contribution is -0.132. The van der Waals surface area contributed by atoms with Crippen LogP contribution in [0.5, 0.6) is 0 Å². The highest BCUT2D eigenvalue weighted by atomic mass is 16.2. The van der Waals surface area contributed by atoms with Crippen LogP contribution in [-0.4, -0.2) is 54.3 Å². The number of nitrogens with two attached hydrogens (primary N) is 1. The summed E-state index contributed by atoms with van der Waals surface area (Å²) in [5.41, 5.74) is 2.10. The lowest BCUT2D eigenvalue weighted by atomic mass is 10.2. The number of nitrogens with one attached hydrogen (secondary N) is 1. The van der Waals surface area contributed by atoms with Gasteiger partial charge in [0.25, 0.3) is 5.91 Å². The van der Waals surface area contributed by atoms with E-state index in [2.05, 4.69) is 5.43 Å². The summed E-state index contributed by atoms with van der Waals surface area (Å²) >= 11 is 0. The van der Waals surface area contributed by atoms with Gasteiger partial charge in [0, 0.05) is 20.1 Å². The quantitative estimate of drug-likeness (QED) is 0.334. The van der Waals surface area contributed by atoms with Crippen molar-refractivity contribution in [2.75, 3.05) is 26.7 Å². The third-order valence-electron chi connectivity index (χ3n) is 2.77. The minimum atomic E-state index is -0.356. The first kappa shape index (κ1) is 11.9. The molecular weight excluding hydrogens is 196 g/mol. The van der Waals surface area contributed by atoms with E-state index in [1.165, 1.54) is 0 Å². The van der Waals surface area contributed by atoms with Crippen LogP contribution in [0.25, 0.3) is 0 Å². The van der Waals surface area contributed by atoms with Crippen molar-refractivity contribution in [3.05, 3.63) is 0 Å². The van der Waals surface area contributed by atoms with E-state index >= 15 is 0 Å². The Morgan fingerprint density at radius 2 is 2.20 bits per heavy atom. The Morgan fingerprint density at radius 3 is 2.80 bits per heavy atom. The molecule has 1 atom stereocenters. The number of nitrogens with zero attached hydrogens (tertiary/aromatic N) is 2. The average molecular weight is 214 g/mol. The van der Waals surface area contributed by atoms with Gasteiger partial charge in [-0.3, -0.25) is 19.9 Å². The second-order valence-corrected chi connectivity index (χ2v) is 3.82. The Morgan fingerprint density at radius 1 is 1.53 bits per heavy atom. The minimum Gasteiger partial charge on any atom is -0.345 e. The van der Waals surface area contributed by atoms with Crippen LogP contribution in [0.15, 0.2) is 0 Å². The molecule has 0 aromatic heterocycles. The zero-order chi connectivity index (χ0) is 11.4. The van der Waals surface area contributed by atoms with Crippen molar-refractivity contribution in [3.63, 3.8) is 0 Å². The molecule has 3 N–H and O–H groups in total. The predicted octanol–water partition coefficient (Wildman–Crippen LogP) is -1.47. The van der Waals surface area contributed by atoms with Crippen molar-refractivity contribution in [2.45, 2.75) is 19.4 Å². The zero-order valence-electron chi connectivity index (χ0n) is 9.19. The molecule has 1 rings (SSSR count). The van der Waals surface area contributed by atoms with Crippen LogP contribution in [0.4, 0.5) is 0 Å². The molecule has 6 nitrogen and oxygen atoms in total. The highest BCUT2D eigenvalue weighted by Gasteiger charge is 2.26. The predicted molar refractivity (Wildman–Crippen MR) is 55.6 cm³/mol. The molecule has 0 aliphatic carbocycles. The van der Waals surface area contributed by atoms with E-state index in [1.807, 2.05) is 4.90 Å². The zero-order valence-corrected chi connectivity index (χ0v) is 9.19. The van der Waals surface area contributed by atoms with Gasteiger partial charge in [-0.05, 0) is 13.3 Å². The summed E-state index contributed by atoms with van der Waals surface area (Å²) in [6, 6.07) is -0.356. The van der Waals surface area contributed by atoms with Gasteiger partial charge >= 0.3 is 0 Å². The molecule has 0 aromatic carbocycles. The number of rotatable bonds is 2. The number of hydrogen-bond acceptors (Lipinski definition) is 4. The van der Waals surface area contributed by atoms with E-state index < -0.39 is 0 Å². The molecule has 6 heteroatoms. The summed E-state index contributed by atoms with van der Waals surface area (Å²) in [6.45, 7) is 3.52. The number of likely N-dealkylation sites (N-methyl/N-ethyl adjacent to an activating group) is 1. The van der Waals surface area contributed by atoms with Crippen LogP contribution in [-0.2, 0) is 9.59 Å². The third-order valence-corrected chi connectivity index (χ3v) is 2.77. The minimum absolute atomic E-state index is 0.0455. The Hall–Kier alpha value is -1.14. The monoisotopic (exact) mass is 214 g/mol. The molecule has 1 unspecified atom stereocenters. The summed E-state index contributed by atoms with van der Waals surface area (Å²) in [4.78, 5) is 26.4. The highest BCUT2D eigenvalue weighted by molar-refractivity contribution is 5.83. The van der Waals surface area contributed by atoms with E-state index in [0.29, 0.717) is 0 Å². The number of carbonyl (C=O) groups is 2. The Kier molecular flexibility index (Phi) is 4.05. The van der Waals surface area contributed by atoms with Gasteiger partial charge in [0.05, 0.1) is 12.6 Å².